The summed E-state index contributed by atoms with van der Waals surface area (Å²) in [6, 6.07) is 12.0. The van der Waals surface area contributed by atoms with Gasteiger partial charge in [0, 0.05) is 43.5 Å². The summed E-state index contributed by atoms with van der Waals surface area (Å²) in [5.41, 5.74) is 3.86. The third kappa shape index (κ3) is 6.63. The number of aliphatic carboxylic acids is 1. The molecule has 1 spiro atoms. The first-order chi connectivity index (χ1) is 22.2. The number of hydrogen-bond donors (Lipinski definition) is 1. The van der Waals surface area contributed by atoms with Crippen LogP contribution in [0, 0.1) is 11.8 Å². The number of hydrogen-bond acceptors (Lipinski definition) is 7. The Morgan fingerprint density at radius 2 is 2.02 bits per heavy atom. The quantitative estimate of drug-likeness (QED) is 0.348. The Hall–Kier alpha value is -3.56. The third-order valence-corrected chi connectivity index (χ3v) is 10.7. The number of nitrogens with zero attached hydrogens (tertiary/aromatic N) is 2. The summed E-state index contributed by atoms with van der Waals surface area (Å²) >= 11 is 6.43. The molecule has 9 nitrogen and oxygen atoms in total. The monoisotopic (exact) mass is 650 g/mol. The molecule has 0 radical (unpaired) electrons. The molecule has 2 aromatic rings. The van der Waals surface area contributed by atoms with Crippen molar-refractivity contribution in [3.63, 3.8) is 0 Å². The standard InChI is InChI=1S/C36H43ClN2O7/c1-38-15-4-3-7-31(45-20-34(41)42)27-11-8-25(27)19-39-21-36(14-5-6-24-16-26(37)10-12-29(24)36)22-46-32-13-9-23(17-30(32)39)28(18-33(38)40)35(43)44-2/h3,7,9-10,12-13,16-17,25,27-28,31H,4-6,8,11,14-15,18-22H2,1-2H3,(H,41,42)/b7-3+/t25-,27+,28?,31-,36-/m0/s1. The lowest BCUT2D eigenvalue weighted by molar-refractivity contribution is -0.146. The Balaban J connectivity index is 1.43. The maximum atomic E-state index is 13.3. The summed E-state index contributed by atoms with van der Waals surface area (Å²) in [5.74, 6) is -1.21. The van der Waals surface area contributed by atoms with E-state index in [-0.39, 0.29) is 42.3 Å². The van der Waals surface area contributed by atoms with E-state index in [9.17, 15) is 19.5 Å². The zero-order valence-electron chi connectivity index (χ0n) is 26.6. The van der Waals surface area contributed by atoms with Gasteiger partial charge >= 0.3 is 11.9 Å². The molecule has 0 aromatic heterocycles. The molecule has 2 aromatic carbocycles. The van der Waals surface area contributed by atoms with Crippen molar-refractivity contribution in [2.45, 2.75) is 62.4 Å². The van der Waals surface area contributed by atoms with Crippen LogP contribution in [0.15, 0.2) is 48.6 Å². The fourth-order valence-electron chi connectivity index (χ4n) is 7.81. The maximum absolute atomic E-state index is 13.3. The predicted molar refractivity (Wildman–Crippen MR) is 175 cm³/mol. The van der Waals surface area contributed by atoms with E-state index < -0.39 is 17.9 Å². The highest BCUT2D eigenvalue weighted by atomic mass is 35.5. The Bertz CT molecular complexity index is 1510. The predicted octanol–water partition coefficient (Wildman–Crippen LogP) is 5.37. The lowest BCUT2D eigenvalue weighted by Gasteiger charge is -2.46. The second-order valence-electron chi connectivity index (χ2n) is 13.3. The average Bonchev–Trinajstić information content (AvgIpc) is 3.18. The highest BCUT2D eigenvalue weighted by Crippen LogP contribution is 2.47. The number of carboxylic acid groups (broad SMARTS) is 1. The number of aryl methyl sites for hydroxylation is 1. The minimum atomic E-state index is -0.994. The second kappa shape index (κ2) is 13.7. The molecule has 1 unspecified atom stereocenters. The molecule has 2 heterocycles. The number of benzene rings is 2. The molecular weight excluding hydrogens is 608 g/mol. The summed E-state index contributed by atoms with van der Waals surface area (Å²) in [5, 5.41) is 10.1. The van der Waals surface area contributed by atoms with Gasteiger partial charge in [-0.1, -0.05) is 35.9 Å². The first kappa shape index (κ1) is 32.4. The summed E-state index contributed by atoms with van der Waals surface area (Å²) in [4.78, 5) is 42.0. The number of carbonyl (C=O) groups is 3. The van der Waals surface area contributed by atoms with Crippen LogP contribution in [-0.4, -0.2) is 81.0 Å². The lowest BCUT2D eigenvalue weighted by Crippen LogP contribution is -2.49. The van der Waals surface area contributed by atoms with Gasteiger partial charge in [0.1, 0.15) is 12.4 Å². The number of anilines is 1. The molecule has 6 rings (SSSR count). The van der Waals surface area contributed by atoms with Gasteiger partial charge in [0.05, 0.1) is 31.4 Å². The number of esters is 1. The summed E-state index contributed by atoms with van der Waals surface area (Å²) in [6.07, 6.45) is 9.08. The summed E-state index contributed by atoms with van der Waals surface area (Å²) < 4.78 is 17.8. The Morgan fingerprint density at radius 3 is 2.78 bits per heavy atom. The molecule has 2 bridgehead atoms. The average molecular weight is 651 g/mol. The number of amides is 1. The first-order valence-corrected chi connectivity index (χ1v) is 16.7. The van der Waals surface area contributed by atoms with Gasteiger partial charge in [-0.05, 0) is 91.3 Å². The van der Waals surface area contributed by atoms with Gasteiger partial charge in [0.25, 0.3) is 0 Å². The van der Waals surface area contributed by atoms with Gasteiger partial charge in [-0.2, -0.15) is 0 Å². The zero-order valence-corrected chi connectivity index (χ0v) is 27.3. The smallest absolute Gasteiger partial charge is 0.329 e. The van der Waals surface area contributed by atoms with Crippen molar-refractivity contribution in [3.05, 3.63) is 70.3 Å². The van der Waals surface area contributed by atoms with Crippen LogP contribution in [0.4, 0.5) is 5.69 Å². The van der Waals surface area contributed by atoms with Crippen LogP contribution < -0.4 is 9.64 Å². The van der Waals surface area contributed by atoms with E-state index in [2.05, 4.69) is 17.0 Å². The molecule has 1 amide bonds. The van der Waals surface area contributed by atoms with E-state index in [0.29, 0.717) is 31.7 Å². The van der Waals surface area contributed by atoms with Crippen molar-refractivity contribution < 1.29 is 33.7 Å². The lowest BCUT2D eigenvalue weighted by atomic mass is 9.68. The van der Waals surface area contributed by atoms with Crippen molar-refractivity contribution in [2.24, 2.45) is 11.8 Å². The van der Waals surface area contributed by atoms with Crippen LogP contribution in [0.2, 0.25) is 5.02 Å². The fourth-order valence-corrected chi connectivity index (χ4v) is 8.00. The Morgan fingerprint density at radius 1 is 1.17 bits per heavy atom. The molecule has 2 aliphatic carbocycles. The minimum absolute atomic E-state index is 0.0142. The third-order valence-electron chi connectivity index (χ3n) is 10.5. The molecule has 1 fully saturated rings. The van der Waals surface area contributed by atoms with Gasteiger partial charge in [0.15, 0.2) is 0 Å². The van der Waals surface area contributed by atoms with E-state index >= 15 is 0 Å². The number of ether oxygens (including phenoxy) is 3. The van der Waals surface area contributed by atoms with Crippen LogP contribution in [0.1, 0.15) is 61.1 Å². The van der Waals surface area contributed by atoms with Crippen molar-refractivity contribution in [2.75, 3.05) is 51.9 Å². The molecule has 246 valence electrons. The topological polar surface area (TPSA) is 106 Å². The molecule has 0 saturated heterocycles. The minimum Gasteiger partial charge on any atom is -0.490 e. The second-order valence-corrected chi connectivity index (χ2v) is 13.8. The fraction of sp³-hybridized carbons (Fsp3) is 0.528. The zero-order chi connectivity index (χ0) is 32.4. The van der Waals surface area contributed by atoms with Gasteiger partial charge in [0.2, 0.25) is 5.91 Å². The molecule has 4 aliphatic rings. The molecule has 2 aliphatic heterocycles. The number of halogens is 1. The van der Waals surface area contributed by atoms with Gasteiger partial charge in [-0.15, -0.1) is 0 Å². The number of carbonyl (C=O) groups excluding carboxylic acids is 2. The molecule has 46 heavy (non-hydrogen) atoms. The highest BCUT2D eigenvalue weighted by molar-refractivity contribution is 6.30. The molecule has 1 N–H and O–H groups in total. The first-order valence-electron chi connectivity index (χ1n) is 16.3. The number of methoxy groups -OCH3 is 1. The summed E-state index contributed by atoms with van der Waals surface area (Å²) in [7, 11) is 3.09. The molecular formula is C36H43ClN2O7. The van der Waals surface area contributed by atoms with E-state index in [1.807, 2.05) is 36.4 Å². The summed E-state index contributed by atoms with van der Waals surface area (Å²) in [6.45, 7) is 2.04. The van der Waals surface area contributed by atoms with Gasteiger partial charge in [-0.25, -0.2) is 4.79 Å². The molecule has 1 saturated carbocycles. The van der Waals surface area contributed by atoms with Crippen molar-refractivity contribution in [1.82, 2.24) is 4.90 Å². The largest absolute Gasteiger partial charge is 0.490 e. The molecule has 5 atom stereocenters. The highest BCUT2D eigenvalue weighted by Gasteiger charge is 2.44. The number of carboxylic acids is 1. The van der Waals surface area contributed by atoms with Crippen LogP contribution in [0.3, 0.4) is 0 Å². The number of fused-ring (bicyclic) bond motifs is 4. The van der Waals surface area contributed by atoms with Crippen LogP contribution in [0.5, 0.6) is 5.75 Å². The van der Waals surface area contributed by atoms with E-state index in [1.165, 1.54) is 18.2 Å². The normalized spacial score (nSPS) is 28.6. The van der Waals surface area contributed by atoms with E-state index in [0.717, 1.165) is 55.1 Å². The van der Waals surface area contributed by atoms with Crippen LogP contribution >= 0.6 is 11.6 Å². The Kier molecular flexibility index (Phi) is 9.62. The SMILES string of the molecule is COC(=O)C1CC(=O)N(C)CC/C=C/[C@H](OCC(=O)O)[C@@H]2CC[C@H]2CN2C[C@@]3(CCCc4cc(Cl)ccc43)COc3ccc1cc32. The van der Waals surface area contributed by atoms with Crippen molar-refractivity contribution >= 4 is 35.1 Å². The van der Waals surface area contributed by atoms with Crippen molar-refractivity contribution in [3.8, 4) is 5.75 Å². The van der Waals surface area contributed by atoms with Gasteiger partial charge < -0.3 is 29.1 Å². The van der Waals surface area contributed by atoms with E-state index in [4.69, 9.17) is 25.8 Å². The molecule has 10 heteroatoms. The van der Waals surface area contributed by atoms with E-state index in [1.54, 1.807) is 11.9 Å². The maximum Gasteiger partial charge on any atom is 0.329 e. The van der Waals surface area contributed by atoms with Crippen LogP contribution in [-0.2, 0) is 35.7 Å². The number of rotatable bonds is 4. The van der Waals surface area contributed by atoms with Crippen LogP contribution in [0.25, 0.3) is 0 Å². The van der Waals surface area contributed by atoms with Crippen molar-refractivity contribution in [1.29, 1.82) is 0 Å². The van der Waals surface area contributed by atoms with Gasteiger partial charge in [-0.3, -0.25) is 9.59 Å². The Labute approximate surface area is 275 Å².